The smallest absolute Gasteiger partial charge is 0.337 e. The van der Waals surface area contributed by atoms with Gasteiger partial charge in [0.1, 0.15) is 5.75 Å². The van der Waals surface area contributed by atoms with Crippen LogP contribution in [-0.4, -0.2) is 18.1 Å². The molecule has 0 radical (unpaired) electrons. The SMILES string of the molecule is COC(=O)c1ccc(Oc2sc(N)nc2C)cc1. The van der Waals surface area contributed by atoms with Gasteiger partial charge in [-0.2, -0.15) is 0 Å². The lowest BCUT2D eigenvalue weighted by molar-refractivity contribution is 0.0600. The lowest BCUT2D eigenvalue weighted by Gasteiger charge is -2.04. The van der Waals surface area contributed by atoms with Crippen LogP contribution in [0.3, 0.4) is 0 Å². The third kappa shape index (κ3) is 2.60. The van der Waals surface area contributed by atoms with Crippen LogP contribution in [0.25, 0.3) is 0 Å². The molecule has 2 aromatic rings. The third-order valence-electron chi connectivity index (χ3n) is 2.26. The van der Waals surface area contributed by atoms with E-state index in [-0.39, 0.29) is 5.97 Å². The lowest BCUT2D eigenvalue weighted by Crippen LogP contribution is -2.00. The van der Waals surface area contributed by atoms with E-state index in [9.17, 15) is 4.79 Å². The van der Waals surface area contributed by atoms with Gasteiger partial charge in [0, 0.05) is 0 Å². The van der Waals surface area contributed by atoms with Crippen molar-refractivity contribution in [1.82, 2.24) is 4.98 Å². The number of esters is 1. The summed E-state index contributed by atoms with van der Waals surface area (Å²) in [7, 11) is 1.34. The molecule has 0 unspecified atom stereocenters. The quantitative estimate of drug-likeness (QED) is 0.862. The summed E-state index contributed by atoms with van der Waals surface area (Å²) >= 11 is 1.28. The van der Waals surface area contributed by atoms with E-state index in [1.165, 1.54) is 18.4 Å². The maximum atomic E-state index is 11.3. The van der Waals surface area contributed by atoms with E-state index >= 15 is 0 Å². The van der Waals surface area contributed by atoms with Crippen molar-refractivity contribution in [3.05, 3.63) is 35.5 Å². The molecule has 0 saturated carbocycles. The number of rotatable bonds is 3. The number of anilines is 1. The van der Waals surface area contributed by atoms with Crippen LogP contribution < -0.4 is 10.5 Å². The molecule has 94 valence electrons. The average molecular weight is 264 g/mol. The summed E-state index contributed by atoms with van der Waals surface area (Å²) in [4.78, 5) is 15.3. The van der Waals surface area contributed by atoms with Crippen LogP contribution in [0, 0.1) is 6.92 Å². The van der Waals surface area contributed by atoms with E-state index in [0.29, 0.717) is 21.5 Å². The number of aryl methyl sites for hydroxylation is 1. The second-order valence-corrected chi connectivity index (χ2v) is 4.54. The van der Waals surface area contributed by atoms with E-state index in [0.717, 1.165) is 5.69 Å². The van der Waals surface area contributed by atoms with Crippen LogP contribution in [0.2, 0.25) is 0 Å². The Balaban J connectivity index is 2.16. The van der Waals surface area contributed by atoms with Gasteiger partial charge >= 0.3 is 5.97 Å². The molecule has 0 aliphatic rings. The minimum Gasteiger partial charge on any atom is -0.465 e. The number of thiazole rings is 1. The summed E-state index contributed by atoms with van der Waals surface area (Å²) in [5, 5.41) is 1.12. The Kier molecular flexibility index (Phi) is 3.47. The molecule has 0 fully saturated rings. The van der Waals surface area contributed by atoms with Crippen molar-refractivity contribution in [1.29, 1.82) is 0 Å². The molecule has 0 saturated heterocycles. The largest absolute Gasteiger partial charge is 0.465 e. The van der Waals surface area contributed by atoms with Crippen molar-refractivity contribution in [3.8, 4) is 10.8 Å². The first-order valence-electron chi connectivity index (χ1n) is 5.19. The number of nitrogen functional groups attached to an aromatic ring is 1. The van der Waals surface area contributed by atoms with Crippen LogP contribution in [0.4, 0.5) is 5.13 Å². The van der Waals surface area contributed by atoms with Crippen LogP contribution in [0.5, 0.6) is 10.8 Å². The number of nitrogens with zero attached hydrogens (tertiary/aromatic N) is 1. The molecule has 18 heavy (non-hydrogen) atoms. The molecule has 6 heteroatoms. The van der Waals surface area contributed by atoms with Crippen LogP contribution in [0.15, 0.2) is 24.3 Å². The Hall–Kier alpha value is -2.08. The van der Waals surface area contributed by atoms with Gasteiger partial charge in [0.15, 0.2) is 5.13 Å². The molecule has 0 spiro atoms. The van der Waals surface area contributed by atoms with Crippen LogP contribution in [-0.2, 0) is 4.74 Å². The van der Waals surface area contributed by atoms with E-state index < -0.39 is 0 Å². The Labute approximate surface area is 108 Å². The van der Waals surface area contributed by atoms with Gasteiger partial charge in [-0.05, 0) is 31.2 Å². The number of carbonyl (C=O) groups is 1. The van der Waals surface area contributed by atoms with E-state index in [2.05, 4.69) is 9.72 Å². The maximum Gasteiger partial charge on any atom is 0.337 e. The summed E-state index contributed by atoms with van der Waals surface area (Å²) in [6.45, 7) is 1.82. The zero-order valence-electron chi connectivity index (χ0n) is 9.97. The zero-order chi connectivity index (χ0) is 13.1. The second kappa shape index (κ2) is 5.05. The topological polar surface area (TPSA) is 74.4 Å². The fourth-order valence-corrected chi connectivity index (χ4v) is 2.08. The molecule has 0 aliphatic heterocycles. The van der Waals surface area contributed by atoms with Gasteiger partial charge in [0.2, 0.25) is 5.06 Å². The maximum absolute atomic E-state index is 11.3. The van der Waals surface area contributed by atoms with Gasteiger partial charge in [-0.3, -0.25) is 0 Å². The highest BCUT2D eigenvalue weighted by Crippen LogP contribution is 2.32. The van der Waals surface area contributed by atoms with Gasteiger partial charge < -0.3 is 15.2 Å². The number of ether oxygens (including phenoxy) is 2. The fraction of sp³-hybridized carbons (Fsp3) is 0.167. The van der Waals surface area contributed by atoms with Gasteiger partial charge in [-0.25, -0.2) is 9.78 Å². The van der Waals surface area contributed by atoms with Crippen molar-refractivity contribution in [2.45, 2.75) is 6.92 Å². The monoisotopic (exact) mass is 264 g/mol. The number of methoxy groups -OCH3 is 1. The van der Waals surface area contributed by atoms with Crippen molar-refractivity contribution in [2.24, 2.45) is 0 Å². The molecule has 1 heterocycles. The predicted octanol–water partition coefficient (Wildman–Crippen LogP) is 2.61. The second-order valence-electron chi connectivity index (χ2n) is 3.54. The van der Waals surface area contributed by atoms with E-state index in [1.807, 2.05) is 6.92 Å². The van der Waals surface area contributed by atoms with E-state index in [1.54, 1.807) is 24.3 Å². The van der Waals surface area contributed by atoms with Crippen molar-refractivity contribution in [2.75, 3.05) is 12.8 Å². The molecule has 0 atom stereocenters. The fourth-order valence-electron chi connectivity index (χ4n) is 1.38. The highest BCUT2D eigenvalue weighted by Gasteiger charge is 2.09. The normalized spacial score (nSPS) is 10.1. The number of nitrogens with two attached hydrogens (primary N) is 1. The summed E-state index contributed by atoms with van der Waals surface area (Å²) in [6.07, 6.45) is 0. The Bertz CT molecular complexity index is 563. The molecule has 2 N–H and O–H groups in total. The van der Waals surface area contributed by atoms with Gasteiger partial charge in [-0.1, -0.05) is 11.3 Å². The summed E-state index contributed by atoms with van der Waals surface area (Å²) in [5.74, 6) is 0.245. The first-order chi connectivity index (χ1) is 8.60. The van der Waals surface area contributed by atoms with Gasteiger partial charge in [0.05, 0.1) is 18.4 Å². The van der Waals surface area contributed by atoms with Crippen LogP contribution in [0.1, 0.15) is 16.1 Å². The standard InChI is InChI=1S/C12H12N2O3S/c1-7-11(18-12(13)14-7)17-9-5-3-8(4-6-9)10(15)16-2/h3-6H,1-2H3,(H2,13,14). The summed E-state index contributed by atoms with van der Waals surface area (Å²) in [6, 6.07) is 6.67. The minimum absolute atomic E-state index is 0.375. The Morgan fingerprint density at radius 2 is 2.00 bits per heavy atom. The van der Waals surface area contributed by atoms with Crippen molar-refractivity contribution >= 4 is 22.4 Å². The number of hydrogen-bond donors (Lipinski definition) is 1. The lowest BCUT2D eigenvalue weighted by atomic mass is 10.2. The molecular weight excluding hydrogens is 252 g/mol. The number of aromatic nitrogens is 1. The van der Waals surface area contributed by atoms with Crippen molar-refractivity contribution in [3.63, 3.8) is 0 Å². The molecule has 5 nitrogen and oxygen atoms in total. The number of benzene rings is 1. The molecular formula is C12H12N2O3S. The average Bonchev–Trinajstić information content (AvgIpc) is 2.68. The van der Waals surface area contributed by atoms with Gasteiger partial charge in [0.25, 0.3) is 0 Å². The van der Waals surface area contributed by atoms with Gasteiger partial charge in [-0.15, -0.1) is 0 Å². The molecule has 2 rings (SSSR count). The highest BCUT2D eigenvalue weighted by atomic mass is 32.1. The van der Waals surface area contributed by atoms with Crippen LogP contribution >= 0.6 is 11.3 Å². The third-order valence-corrected chi connectivity index (χ3v) is 3.12. The number of carbonyl (C=O) groups excluding carboxylic acids is 1. The molecule has 1 aromatic carbocycles. The minimum atomic E-state index is -0.375. The summed E-state index contributed by atoms with van der Waals surface area (Å²) in [5.41, 5.74) is 6.80. The van der Waals surface area contributed by atoms with E-state index in [4.69, 9.17) is 10.5 Å². The predicted molar refractivity (Wildman–Crippen MR) is 69.1 cm³/mol. The molecule has 0 amide bonds. The first-order valence-corrected chi connectivity index (χ1v) is 6.01. The first kappa shape index (κ1) is 12.4. The molecule has 1 aromatic heterocycles. The number of hydrogen-bond acceptors (Lipinski definition) is 6. The zero-order valence-corrected chi connectivity index (χ0v) is 10.8. The molecule has 0 bridgehead atoms. The Morgan fingerprint density at radius 1 is 1.33 bits per heavy atom. The molecule has 0 aliphatic carbocycles. The Morgan fingerprint density at radius 3 is 2.50 bits per heavy atom. The van der Waals surface area contributed by atoms with Crippen molar-refractivity contribution < 1.29 is 14.3 Å². The summed E-state index contributed by atoms with van der Waals surface area (Å²) < 4.78 is 10.2. The highest BCUT2D eigenvalue weighted by molar-refractivity contribution is 7.17.